The molecular formula is C12H9Cl2N3O4. The number of aromatic nitrogens is 2. The molecule has 0 amide bonds. The summed E-state index contributed by atoms with van der Waals surface area (Å²) in [5.41, 5.74) is -0.189. The summed E-state index contributed by atoms with van der Waals surface area (Å²) in [4.78, 5) is 26.0. The van der Waals surface area contributed by atoms with Crippen LogP contribution in [-0.2, 0) is 6.54 Å². The van der Waals surface area contributed by atoms with Crippen LogP contribution < -0.4 is 10.3 Å². The van der Waals surface area contributed by atoms with Crippen LogP contribution in [0.15, 0.2) is 29.3 Å². The van der Waals surface area contributed by atoms with Crippen molar-refractivity contribution in [1.29, 1.82) is 0 Å². The van der Waals surface area contributed by atoms with Crippen LogP contribution >= 0.6 is 23.2 Å². The fourth-order valence-electron chi connectivity index (χ4n) is 1.74. The molecule has 1 aromatic carbocycles. The first-order chi connectivity index (χ1) is 9.93. The Kier molecular flexibility index (Phi) is 4.44. The molecule has 0 radical (unpaired) electrons. The summed E-state index contributed by atoms with van der Waals surface area (Å²) in [5.74, 6) is 0.415. The first-order valence-corrected chi connectivity index (χ1v) is 6.41. The van der Waals surface area contributed by atoms with Gasteiger partial charge in [-0.25, -0.2) is 4.98 Å². The van der Waals surface area contributed by atoms with Crippen molar-refractivity contribution < 1.29 is 9.66 Å². The Morgan fingerprint density at radius 1 is 1.43 bits per heavy atom. The topological polar surface area (TPSA) is 87.3 Å². The van der Waals surface area contributed by atoms with E-state index in [2.05, 4.69) is 4.98 Å². The summed E-state index contributed by atoms with van der Waals surface area (Å²) in [6.45, 7) is 0.0214. The molecule has 7 nitrogen and oxygen atoms in total. The summed E-state index contributed by atoms with van der Waals surface area (Å²) in [6.07, 6.45) is 1.22. The molecule has 1 aromatic heterocycles. The number of halogens is 2. The average molecular weight is 330 g/mol. The van der Waals surface area contributed by atoms with E-state index in [1.807, 2.05) is 0 Å². The minimum absolute atomic E-state index is 0.0214. The minimum Gasteiger partial charge on any atom is -0.496 e. The van der Waals surface area contributed by atoms with Crippen LogP contribution in [0.25, 0.3) is 0 Å². The Balaban J connectivity index is 2.48. The SMILES string of the molecule is COc1ccc([N+](=O)[O-])cc1Cn1cnc(Cl)c(Cl)c1=O. The Morgan fingerprint density at radius 3 is 2.76 bits per heavy atom. The van der Waals surface area contributed by atoms with Gasteiger partial charge in [-0.2, -0.15) is 0 Å². The third kappa shape index (κ3) is 3.14. The van der Waals surface area contributed by atoms with E-state index in [4.69, 9.17) is 27.9 Å². The van der Waals surface area contributed by atoms with Crippen LogP contribution in [-0.4, -0.2) is 21.6 Å². The van der Waals surface area contributed by atoms with Gasteiger partial charge in [-0.15, -0.1) is 0 Å². The number of rotatable bonds is 4. The molecular weight excluding hydrogens is 321 g/mol. The Morgan fingerprint density at radius 2 is 2.14 bits per heavy atom. The zero-order valence-electron chi connectivity index (χ0n) is 10.7. The predicted octanol–water partition coefficient (Wildman–Crippen LogP) is 2.52. The van der Waals surface area contributed by atoms with Gasteiger partial charge in [0.25, 0.3) is 11.2 Å². The normalized spacial score (nSPS) is 10.4. The van der Waals surface area contributed by atoms with Crippen LogP contribution in [0.5, 0.6) is 5.75 Å². The number of nitro groups is 1. The van der Waals surface area contributed by atoms with Gasteiger partial charge >= 0.3 is 0 Å². The molecule has 0 spiro atoms. The largest absolute Gasteiger partial charge is 0.496 e. The molecule has 0 saturated carbocycles. The molecule has 0 aliphatic rings. The lowest BCUT2D eigenvalue weighted by molar-refractivity contribution is -0.384. The van der Waals surface area contributed by atoms with Gasteiger partial charge in [0.2, 0.25) is 0 Å². The van der Waals surface area contributed by atoms with Crippen LogP contribution in [0.2, 0.25) is 10.2 Å². The maximum Gasteiger partial charge on any atom is 0.273 e. The van der Waals surface area contributed by atoms with Gasteiger partial charge in [0.1, 0.15) is 10.8 Å². The highest BCUT2D eigenvalue weighted by Gasteiger charge is 2.14. The van der Waals surface area contributed by atoms with Crippen LogP contribution in [0.3, 0.4) is 0 Å². The van der Waals surface area contributed by atoms with Gasteiger partial charge in [-0.05, 0) is 6.07 Å². The number of methoxy groups -OCH3 is 1. The maximum absolute atomic E-state index is 11.9. The Labute approximate surface area is 128 Å². The minimum atomic E-state index is -0.537. The standard InChI is InChI=1S/C12H9Cl2N3O4/c1-21-9-3-2-8(17(19)20)4-7(9)5-16-6-15-11(14)10(13)12(16)18/h2-4,6H,5H2,1H3. The highest BCUT2D eigenvalue weighted by molar-refractivity contribution is 6.40. The summed E-state index contributed by atoms with van der Waals surface area (Å²) in [7, 11) is 1.43. The highest BCUT2D eigenvalue weighted by Crippen LogP contribution is 2.24. The summed E-state index contributed by atoms with van der Waals surface area (Å²) in [6, 6.07) is 4.11. The number of hydrogen-bond acceptors (Lipinski definition) is 5. The molecule has 0 aliphatic heterocycles. The van der Waals surface area contributed by atoms with Gasteiger partial charge in [-0.3, -0.25) is 19.5 Å². The third-order valence-corrected chi connectivity index (χ3v) is 3.48. The zero-order chi connectivity index (χ0) is 15.6. The van der Waals surface area contributed by atoms with Crippen LogP contribution in [0.4, 0.5) is 5.69 Å². The lowest BCUT2D eigenvalue weighted by atomic mass is 10.1. The van der Waals surface area contributed by atoms with Crippen molar-refractivity contribution in [2.24, 2.45) is 0 Å². The van der Waals surface area contributed by atoms with Crippen molar-refractivity contribution in [2.75, 3.05) is 7.11 Å². The van der Waals surface area contributed by atoms with E-state index in [0.717, 1.165) is 0 Å². The molecule has 2 rings (SSSR count). The summed E-state index contributed by atoms with van der Waals surface area (Å²) >= 11 is 11.4. The van der Waals surface area contributed by atoms with Gasteiger partial charge in [-0.1, -0.05) is 23.2 Å². The molecule has 9 heteroatoms. The molecule has 0 atom stereocenters. The number of benzene rings is 1. The number of nitrogens with zero attached hydrogens (tertiary/aromatic N) is 3. The van der Waals surface area contributed by atoms with Crippen molar-refractivity contribution in [3.8, 4) is 5.75 Å². The highest BCUT2D eigenvalue weighted by atomic mass is 35.5. The molecule has 0 N–H and O–H groups in total. The van der Waals surface area contributed by atoms with Crippen molar-refractivity contribution in [1.82, 2.24) is 9.55 Å². The zero-order valence-corrected chi connectivity index (χ0v) is 12.3. The molecule has 110 valence electrons. The van der Waals surface area contributed by atoms with Gasteiger partial charge in [0.05, 0.1) is 24.9 Å². The Hall–Kier alpha value is -2.12. The monoisotopic (exact) mass is 329 g/mol. The maximum atomic E-state index is 11.9. The molecule has 21 heavy (non-hydrogen) atoms. The second-order valence-electron chi connectivity index (χ2n) is 4.04. The number of hydrogen-bond donors (Lipinski definition) is 0. The molecule has 0 unspecified atom stereocenters. The van der Waals surface area contributed by atoms with Crippen LogP contribution in [0.1, 0.15) is 5.56 Å². The molecule has 0 aliphatic carbocycles. The van der Waals surface area contributed by atoms with Gasteiger partial charge in [0, 0.05) is 17.7 Å². The van der Waals surface area contributed by atoms with E-state index in [9.17, 15) is 14.9 Å². The summed E-state index contributed by atoms with van der Waals surface area (Å²) < 4.78 is 6.32. The van der Waals surface area contributed by atoms with Crippen molar-refractivity contribution in [3.63, 3.8) is 0 Å². The number of nitro benzene ring substituents is 1. The molecule has 2 aromatic rings. The molecule has 0 saturated heterocycles. The van der Waals surface area contributed by atoms with E-state index in [1.54, 1.807) is 0 Å². The first kappa shape index (κ1) is 15.3. The van der Waals surface area contributed by atoms with Crippen LogP contribution in [0, 0.1) is 10.1 Å². The lowest BCUT2D eigenvalue weighted by Gasteiger charge is -2.10. The smallest absolute Gasteiger partial charge is 0.273 e. The van der Waals surface area contributed by atoms with Crippen molar-refractivity contribution in [2.45, 2.75) is 6.54 Å². The fourth-order valence-corrected chi connectivity index (χ4v) is 2.02. The molecule has 0 fully saturated rings. The Bertz CT molecular complexity index is 761. The van der Waals surface area contributed by atoms with E-state index in [1.165, 1.54) is 36.2 Å². The van der Waals surface area contributed by atoms with E-state index in [0.29, 0.717) is 11.3 Å². The lowest BCUT2D eigenvalue weighted by Crippen LogP contribution is -2.22. The van der Waals surface area contributed by atoms with Crippen molar-refractivity contribution >= 4 is 28.9 Å². The van der Waals surface area contributed by atoms with E-state index in [-0.39, 0.29) is 22.4 Å². The fraction of sp³-hybridized carbons (Fsp3) is 0.167. The predicted molar refractivity (Wildman–Crippen MR) is 77.3 cm³/mol. The number of non-ortho nitro benzene ring substituents is 1. The quantitative estimate of drug-likeness (QED) is 0.488. The first-order valence-electron chi connectivity index (χ1n) is 5.65. The van der Waals surface area contributed by atoms with E-state index < -0.39 is 10.5 Å². The second-order valence-corrected chi connectivity index (χ2v) is 4.77. The molecule has 0 bridgehead atoms. The summed E-state index contributed by atoms with van der Waals surface area (Å²) in [5, 5.41) is 10.5. The average Bonchev–Trinajstić information content (AvgIpc) is 2.47. The van der Waals surface area contributed by atoms with Crippen molar-refractivity contribution in [3.05, 3.63) is 60.7 Å². The second kappa shape index (κ2) is 6.11. The number of ether oxygens (including phenoxy) is 1. The van der Waals surface area contributed by atoms with Gasteiger partial charge < -0.3 is 4.74 Å². The van der Waals surface area contributed by atoms with E-state index >= 15 is 0 Å². The molecule has 1 heterocycles. The third-order valence-electron chi connectivity index (χ3n) is 2.76. The van der Waals surface area contributed by atoms with Gasteiger partial charge in [0.15, 0.2) is 5.15 Å².